The molecule has 4 N–H and O–H groups in total. The van der Waals surface area contributed by atoms with E-state index in [-0.39, 0.29) is 18.3 Å². The van der Waals surface area contributed by atoms with Gasteiger partial charge in [0, 0.05) is 37.3 Å². The third-order valence-electron chi connectivity index (χ3n) is 6.21. The summed E-state index contributed by atoms with van der Waals surface area (Å²) >= 11 is 0. The van der Waals surface area contributed by atoms with Crippen molar-refractivity contribution in [2.45, 2.75) is 6.10 Å². The molecular formula is C28H31N5O4. The molecule has 0 aliphatic carbocycles. The molecule has 1 heterocycles. The van der Waals surface area contributed by atoms with E-state index in [1.807, 2.05) is 42.5 Å². The highest BCUT2D eigenvalue weighted by molar-refractivity contribution is 5.95. The lowest BCUT2D eigenvalue weighted by Gasteiger charge is -2.36. The predicted octanol–water partition coefficient (Wildman–Crippen LogP) is 2.56. The van der Waals surface area contributed by atoms with Gasteiger partial charge in [0.2, 0.25) is 12.0 Å². The number of benzene rings is 3. The quantitative estimate of drug-likeness (QED) is 0.306. The van der Waals surface area contributed by atoms with E-state index in [1.165, 1.54) is 0 Å². The number of nitrogen functional groups attached to an aromatic ring is 1. The van der Waals surface area contributed by atoms with Gasteiger partial charge in [0.15, 0.2) is 0 Å². The number of anilines is 1. The van der Waals surface area contributed by atoms with Crippen LogP contribution in [0.25, 0.3) is 0 Å². The molecule has 37 heavy (non-hydrogen) atoms. The summed E-state index contributed by atoms with van der Waals surface area (Å²) in [7, 11) is 1.65. The smallest absolute Gasteiger partial charge is 0.266 e. The van der Waals surface area contributed by atoms with Gasteiger partial charge in [0.25, 0.3) is 5.91 Å². The molecule has 1 aliphatic rings. The number of hydrogen-bond acceptors (Lipinski definition) is 6. The van der Waals surface area contributed by atoms with Crippen LogP contribution in [0.5, 0.6) is 11.5 Å². The Balaban J connectivity index is 1.37. The summed E-state index contributed by atoms with van der Waals surface area (Å²) in [5, 5.41) is 10.4. The van der Waals surface area contributed by atoms with Crippen LogP contribution in [0.15, 0.2) is 78.9 Å². The fraction of sp³-hybridized carbons (Fsp3) is 0.250. The topological polar surface area (TPSA) is 121 Å². The van der Waals surface area contributed by atoms with E-state index in [9.17, 15) is 9.59 Å². The molecule has 1 aliphatic heterocycles. The molecule has 0 bridgehead atoms. The molecule has 1 atom stereocenters. The van der Waals surface area contributed by atoms with Gasteiger partial charge in [-0.3, -0.25) is 15.0 Å². The van der Waals surface area contributed by atoms with E-state index in [0.717, 1.165) is 11.4 Å². The summed E-state index contributed by atoms with van der Waals surface area (Å²) in [4.78, 5) is 30.0. The number of ether oxygens (including phenoxy) is 2. The second-order valence-electron chi connectivity index (χ2n) is 8.61. The van der Waals surface area contributed by atoms with E-state index in [0.29, 0.717) is 43.1 Å². The van der Waals surface area contributed by atoms with Crippen molar-refractivity contribution in [3.8, 4) is 11.5 Å². The normalized spacial score (nSPS) is 14.0. The molecule has 1 fully saturated rings. The van der Waals surface area contributed by atoms with E-state index in [4.69, 9.17) is 20.6 Å². The average Bonchev–Trinajstić information content (AvgIpc) is 2.95. The maximum Gasteiger partial charge on any atom is 0.266 e. The molecule has 2 amide bonds. The molecule has 9 nitrogen and oxygen atoms in total. The van der Waals surface area contributed by atoms with Gasteiger partial charge in [-0.2, -0.15) is 0 Å². The molecule has 0 spiro atoms. The van der Waals surface area contributed by atoms with Gasteiger partial charge < -0.3 is 30.3 Å². The van der Waals surface area contributed by atoms with E-state index < -0.39 is 12.0 Å². The molecule has 1 saturated heterocycles. The fourth-order valence-electron chi connectivity index (χ4n) is 4.23. The second-order valence-corrected chi connectivity index (χ2v) is 8.61. The van der Waals surface area contributed by atoms with Crippen molar-refractivity contribution < 1.29 is 19.1 Å². The number of nitrogens with one attached hydrogen (secondary N) is 2. The van der Waals surface area contributed by atoms with Crippen LogP contribution < -0.4 is 25.4 Å². The lowest BCUT2D eigenvalue weighted by Crippen LogP contribution is -2.51. The standard InChI is InChI=1S/C28H31N5O4/c1-36-24-13-6-5-12-23(24)32-14-16-33(17-15-32)25(34)19-31-28(35)26(20-8-3-2-4-9-20)37-22-11-7-10-21(18-22)27(29)30/h2-13,18,26H,14-17,19H2,1H3,(H3,29,30)(H,31,35). The van der Waals surface area contributed by atoms with E-state index >= 15 is 0 Å². The second kappa shape index (κ2) is 11.9. The highest BCUT2D eigenvalue weighted by Gasteiger charge is 2.26. The zero-order valence-electron chi connectivity index (χ0n) is 20.7. The number of hydrogen-bond donors (Lipinski definition) is 3. The Bertz CT molecular complexity index is 1240. The molecule has 1 unspecified atom stereocenters. The van der Waals surface area contributed by atoms with E-state index in [2.05, 4.69) is 10.2 Å². The summed E-state index contributed by atoms with van der Waals surface area (Å²) in [6, 6.07) is 23.6. The lowest BCUT2D eigenvalue weighted by molar-refractivity contribution is -0.135. The van der Waals surface area contributed by atoms with Crippen LogP contribution in [0, 0.1) is 5.41 Å². The number of amidine groups is 1. The fourth-order valence-corrected chi connectivity index (χ4v) is 4.23. The third-order valence-corrected chi connectivity index (χ3v) is 6.21. The Morgan fingerprint density at radius 2 is 1.68 bits per heavy atom. The Hall–Kier alpha value is -4.53. The van der Waals surface area contributed by atoms with Crippen molar-refractivity contribution in [2.75, 3.05) is 44.7 Å². The van der Waals surface area contributed by atoms with Crippen LogP contribution in [0.4, 0.5) is 5.69 Å². The van der Waals surface area contributed by atoms with Crippen LogP contribution in [0.3, 0.4) is 0 Å². The number of amides is 2. The first-order valence-electron chi connectivity index (χ1n) is 12.1. The van der Waals surface area contributed by atoms with Gasteiger partial charge in [0.1, 0.15) is 17.3 Å². The molecule has 192 valence electrons. The first-order valence-corrected chi connectivity index (χ1v) is 12.1. The van der Waals surface area contributed by atoms with Crippen LogP contribution >= 0.6 is 0 Å². The Morgan fingerprint density at radius 3 is 2.38 bits per heavy atom. The third kappa shape index (κ3) is 6.38. The number of para-hydroxylation sites is 2. The zero-order valence-corrected chi connectivity index (χ0v) is 20.7. The van der Waals surface area contributed by atoms with Crippen LogP contribution in [0.1, 0.15) is 17.2 Å². The van der Waals surface area contributed by atoms with Crippen molar-refractivity contribution in [2.24, 2.45) is 5.73 Å². The minimum absolute atomic E-state index is 0.0948. The van der Waals surface area contributed by atoms with Crippen molar-refractivity contribution >= 4 is 23.3 Å². The Morgan fingerprint density at radius 1 is 0.973 bits per heavy atom. The van der Waals surface area contributed by atoms with Gasteiger partial charge in [-0.1, -0.05) is 54.6 Å². The van der Waals surface area contributed by atoms with Crippen molar-refractivity contribution in [1.29, 1.82) is 5.41 Å². The number of nitrogens with two attached hydrogens (primary N) is 1. The maximum atomic E-state index is 13.2. The van der Waals surface area contributed by atoms with Crippen molar-refractivity contribution in [3.05, 3.63) is 90.0 Å². The molecule has 0 radical (unpaired) electrons. The summed E-state index contributed by atoms with van der Waals surface area (Å²) in [6.07, 6.45) is -0.974. The summed E-state index contributed by atoms with van der Waals surface area (Å²) < 4.78 is 11.5. The molecule has 0 saturated carbocycles. The Kier molecular flexibility index (Phi) is 8.25. The van der Waals surface area contributed by atoms with Gasteiger partial charge in [0.05, 0.1) is 19.3 Å². The first kappa shape index (κ1) is 25.6. The number of piperazine rings is 1. The minimum Gasteiger partial charge on any atom is -0.495 e. The van der Waals surface area contributed by atoms with Crippen LogP contribution in [-0.4, -0.2) is 62.4 Å². The van der Waals surface area contributed by atoms with Gasteiger partial charge in [-0.15, -0.1) is 0 Å². The van der Waals surface area contributed by atoms with Gasteiger partial charge in [-0.05, 0) is 24.3 Å². The molecule has 0 aromatic heterocycles. The zero-order chi connectivity index (χ0) is 26.2. The van der Waals surface area contributed by atoms with E-state index in [1.54, 1.807) is 48.4 Å². The van der Waals surface area contributed by atoms with Crippen molar-refractivity contribution in [1.82, 2.24) is 10.2 Å². The minimum atomic E-state index is -0.974. The van der Waals surface area contributed by atoms with Gasteiger partial charge in [-0.25, -0.2) is 0 Å². The summed E-state index contributed by atoms with van der Waals surface area (Å²) in [5.41, 5.74) is 7.73. The maximum absolute atomic E-state index is 13.2. The molecule has 9 heteroatoms. The summed E-state index contributed by atoms with van der Waals surface area (Å²) in [5.74, 6) is 0.521. The highest BCUT2D eigenvalue weighted by Crippen LogP contribution is 2.28. The number of rotatable bonds is 9. The lowest BCUT2D eigenvalue weighted by atomic mass is 10.1. The number of carbonyl (C=O) groups excluding carboxylic acids is 2. The SMILES string of the molecule is COc1ccccc1N1CCN(C(=O)CNC(=O)C(Oc2cccc(C(=N)N)c2)c2ccccc2)CC1. The number of methoxy groups -OCH3 is 1. The predicted molar refractivity (Wildman–Crippen MR) is 142 cm³/mol. The largest absolute Gasteiger partial charge is 0.495 e. The highest BCUT2D eigenvalue weighted by atomic mass is 16.5. The average molecular weight is 502 g/mol. The van der Waals surface area contributed by atoms with Crippen LogP contribution in [0.2, 0.25) is 0 Å². The molecule has 4 rings (SSSR count). The Labute approximate surface area is 216 Å². The van der Waals surface area contributed by atoms with Crippen LogP contribution in [-0.2, 0) is 9.59 Å². The molecule has 3 aromatic carbocycles. The van der Waals surface area contributed by atoms with Crippen molar-refractivity contribution in [3.63, 3.8) is 0 Å². The van der Waals surface area contributed by atoms with Gasteiger partial charge >= 0.3 is 0 Å². The molecule has 3 aromatic rings. The summed E-state index contributed by atoms with van der Waals surface area (Å²) in [6.45, 7) is 2.30. The number of nitrogens with zero attached hydrogens (tertiary/aromatic N) is 2. The monoisotopic (exact) mass is 501 g/mol. The first-order chi connectivity index (χ1) is 18.0. The number of carbonyl (C=O) groups is 2. The molecular weight excluding hydrogens is 470 g/mol.